The third-order valence-corrected chi connectivity index (χ3v) is 3.71. The van der Waals surface area contributed by atoms with E-state index in [0.29, 0.717) is 18.1 Å². The van der Waals surface area contributed by atoms with E-state index < -0.39 is 0 Å². The highest BCUT2D eigenvalue weighted by Gasteiger charge is 2.24. The molecular formula is C11H15NOS. The molecule has 0 spiro atoms. The monoisotopic (exact) mass is 209 g/mol. The van der Waals surface area contributed by atoms with Crippen LogP contribution in [0.1, 0.15) is 34.8 Å². The fourth-order valence-electron chi connectivity index (χ4n) is 1.50. The summed E-state index contributed by atoms with van der Waals surface area (Å²) in [6, 6.07) is 0. The molecule has 1 aliphatic rings. The van der Waals surface area contributed by atoms with Gasteiger partial charge in [0.05, 0.1) is 12.1 Å². The number of carbonyl (C=O) groups excluding carboxylic acids is 1. The van der Waals surface area contributed by atoms with E-state index in [9.17, 15) is 4.79 Å². The van der Waals surface area contributed by atoms with Crippen LogP contribution < -0.4 is 0 Å². The van der Waals surface area contributed by atoms with Crippen molar-refractivity contribution in [2.75, 3.05) is 0 Å². The van der Waals surface area contributed by atoms with Gasteiger partial charge < -0.3 is 0 Å². The van der Waals surface area contributed by atoms with Gasteiger partial charge in [0, 0.05) is 11.3 Å². The van der Waals surface area contributed by atoms with Gasteiger partial charge in [0.2, 0.25) is 0 Å². The summed E-state index contributed by atoms with van der Waals surface area (Å²) < 4.78 is 0. The first-order valence-corrected chi connectivity index (χ1v) is 5.91. The minimum atomic E-state index is 0.362. The number of carbonyl (C=O) groups is 1. The number of ketones is 1. The van der Waals surface area contributed by atoms with Crippen LogP contribution in [0.3, 0.4) is 0 Å². The molecule has 0 atom stereocenters. The van der Waals surface area contributed by atoms with Gasteiger partial charge in [0.25, 0.3) is 0 Å². The second kappa shape index (κ2) is 3.81. The Kier molecular flexibility index (Phi) is 2.68. The largest absolute Gasteiger partial charge is 0.299 e. The van der Waals surface area contributed by atoms with Crippen molar-refractivity contribution in [3.63, 3.8) is 0 Å². The van der Waals surface area contributed by atoms with Gasteiger partial charge in [-0.1, -0.05) is 0 Å². The first kappa shape index (κ1) is 9.84. The Bertz CT molecular complexity index is 333. The van der Waals surface area contributed by atoms with Gasteiger partial charge in [-0.3, -0.25) is 4.79 Å². The SMILES string of the molecule is Cc1nc(CC(=O)CC2CC2)sc1C. The van der Waals surface area contributed by atoms with E-state index in [1.54, 1.807) is 11.3 Å². The molecule has 2 rings (SSSR count). The van der Waals surface area contributed by atoms with E-state index in [1.165, 1.54) is 17.7 Å². The van der Waals surface area contributed by atoms with Gasteiger partial charge in [0.15, 0.2) is 0 Å². The van der Waals surface area contributed by atoms with Gasteiger partial charge in [-0.05, 0) is 32.6 Å². The van der Waals surface area contributed by atoms with Crippen LogP contribution in [0.5, 0.6) is 0 Å². The van der Waals surface area contributed by atoms with Crippen LogP contribution in [0.4, 0.5) is 0 Å². The zero-order valence-corrected chi connectivity index (χ0v) is 9.49. The molecule has 14 heavy (non-hydrogen) atoms. The second-order valence-corrected chi connectivity index (χ2v) is 5.40. The van der Waals surface area contributed by atoms with E-state index in [1.807, 2.05) is 6.92 Å². The Morgan fingerprint density at radius 2 is 2.21 bits per heavy atom. The quantitative estimate of drug-likeness (QED) is 0.763. The Morgan fingerprint density at radius 1 is 1.50 bits per heavy atom. The zero-order valence-electron chi connectivity index (χ0n) is 8.67. The van der Waals surface area contributed by atoms with Gasteiger partial charge in [0.1, 0.15) is 10.8 Å². The number of hydrogen-bond donors (Lipinski definition) is 0. The number of aromatic nitrogens is 1. The van der Waals surface area contributed by atoms with E-state index >= 15 is 0 Å². The summed E-state index contributed by atoms with van der Waals surface area (Å²) in [5.41, 5.74) is 1.07. The van der Waals surface area contributed by atoms with Crippen LogP contribution in [0, 0.1) is 19.8 Å². The highest BCUT2D eigenvalue weighted by molar-refractivity contribution is 7.11. The highest BCUT2D eigenvalue weighted by atomic mass is 32.1. The Labute approximate surface area is 88.4 Å². The van der Waals surface area contributed by atoms with Gasteiger partial charge in [-0.2, -0.15) is 0 Å². The smallest absolute Gasteiger partial charge is 0.139 e. The zero-order chi connectivity index (χ0) is 10.1. The summed E-state index contributed by atoms with van der Waals surface area (Å²) in [7, 11) is 0. The van der Waals surface area contributed by atoms with Crippen molar-refractivity contribution in [3.8, 4) is 0 Å². The summed E-state index contributed by atoms with van der Waals surface area (Å²) in [6.45, 7) is 4.06. The second-order valence-electron chi connectivity index (χ2n) is 4.11. The molecule has 3 heteroatoms. The van der Waals surface area contributed by atoms with Crippen molar-refractivity contribution in [2.45, 2.75) is 39.5 Å². The molecule has 0 aliphatic heterocycles. The summed E-state index contributed by atoms with van der Waals surface area (Å²) in [5, 5.41) is 0.991. The molecule has 1 fully saturated rings. The maximum Gasteiger partial charge on any atom is 0.139 e. The number of nitrogens with zero attached hydrogens (tertiary/aromatic N) is 1. The fourth-order valence-corrected chi connectivity index (χ4v) is 2.46. The number of aryl methyl sites for hydroxylation is 2. The average Bonchev–Trinajstić information content (AvgIpc) is 2.82. The first-order chi connectivity index (χ1) is 6.65. The molecule has 76 valence electrons. The van der Waals surface area contributed by atoms with Crippen LogP contribution in [0.2, 0.25) is 0 Å². The summed E-state index contributed by atoms with van der Waals surface area (Å²) >= 11 is 1.66. The van der Waals surface area contributed by atoms with Crippen molar-refractivity contribution < 1.29 is 4.79 Å². The van der Waals surface area contributed by atoms with Gasteiger partial charge >= 0.3 is 0 Å². The van der Waals surface area contributed by atoms with Crippen LogP contribution in [0.25, 0.3) is 0 Å². The third-order valence-electron chi connectivity index (χ3n) is 2.63. The number of thiazole rings is 1. The van der Waals surface area contributed by atoms with Crippen LogP contribution >= 0.6 is 11.3 Å². The lowest BCUT2D eigenvalue weighted by molar-refractivity contribution is -0.118. The minimum Gasteiger partial charge on any atom is -0.299 e. The molecule has 0 unspecified atom stereocenters. The topological polar surface area (TPSA) is 30.0 Å². The molecule has 0 bridgehead atoms. The standard InChI is InChI=1S/C11H15NOS/c1-7-8(2)14-11(12-7)6-10(13)5-9-3-4-9/h9H,3-6H2,1-2H3. The predicted molar refractivity (Wildman–Crippen MR) is 57.6 cm³/mol. The lowest BCUT2D eigenvalue weighted by Gasteiger charge is -1.94. The number of rotatable bonds is 4. The molecule has 0 N–H and O–H groups in total. The lowest BCUT2D eigenvalue weighted by Crippen LogP contribution is -2.03. The van der Waals surface area contributed by atoms with Crippen molar-refractivity contribution in [2.24, 2.45) is 5.92 Å². The van der Waals surface area contributed by atoms with Crippen LogP contribution in [-0.4, -0.2) is 10.8 Å². The molecule has 0 aromatic carbocycles. The third kappa shape index (κ3) is 2.41. The van der Waals surface area contributed by atoms with E-state index in [-0.39, 0.29) is 0 Å². The molecule has 0 saturated heterocycles. The molecule has 1 aliphatic carbocycles. The molecule has 0 amide bonds. The Hall–Kier alpha value is -0.700. The summed E-state index contributed by atoms with van der Waals surface area (Å²) in [5.74, 6) is 1.06. The van der Waals surface area contributed by atoms with Crippen LogP contribution in [0.15, 0.2) is 0 Å². The number of hydrogen-bond acceptors (Lipinski definition) is 3. The summed E-state index contributed by atoms with van der Waals surface area (Å²) in [4.78, 5) is 17.2. The van der Waals surface area contributed by atoms with E-state index in [4.69, 9.17) is 0 Å². The van der Waals surface area contributed by atoms with Crippen molar-refractivity contribution in [3.05, 3.63) is 15.6 Å². The first-order valence-electron chi connectivity index (χ1n) is 5.09. The van der Waals surface area contributed by atoms with Gasteiger partial charge in [-0.25, -0.2) is 4.98 Å². The highest BCUT2D eigenvalue weighted by Crippen LogP contribution is 2.33. The summed E-state index contributed by atoms with van der Waals surface area (Å²) in [6.07, 6.45) is 3.83. The Balaban J connectivity index is 1.92. The lowest BCUT2D eigenvalue weighted by atomic mass is 10.1. The molecule has 1 aromatic heterocycles. The molecular weight excluding hydrogens is 194 g/mol. The molecule has 0 radical (unpaired) electrons. The Morgan fingerprint density at radius 3 is 2.71 bits per heavy atom. The molecule has 1 aromatic rings. The average molecular weight is 209 g/mol. The fraction of sp³-hybridized carbons (Fsp3) is 0.636. The van der Waals surface area contributed by atoms with Crippen molar-refractivity contribution in [1.82, 2.24) is 4.98 Å². The minimum absolute atomic E-state index is 0.362. The molecule has 1 saturated carbocycles. The van der Waals surface area contributed by atoms with E-state index in [0.717, 1.165) is 17.1 Å². The predicted octanol–water partition coefficient (Wildman–Crippen LogP) is 2.67. The molecule has 1 heterocycles. The molecule has 2 nitrogen and oxygen atoms in total. The number of Topliss-reactive ketones (excluding diaryl/α,β-unsaturated/α-hetero) is 1. The van der Waals surface area contributed by atoms with Gasteiger partial charge in [-0.15, -0.1) is 11.3 Å². The maximum absolute atomic E-state index is 11.6. The van der Waals surface area contributed by atoms with E-state index in [2.05, 4.69) is 11.9 Å². The van der Waals surface area contributed by atoms with Crippen molar-refractivity contribution >= 4 is 17.1 Å². The normalized spacial score (nSPS) is 15.9. The van der Waals surface area contributed by atoms with Crippen molar-refractivity contribution in [1.29, 1.82) is 0 Å². The van der Waals surface area contributed by atoms with Crippen LogP contribution in [-0.2, 0) is 11.2 Å². The maximum atomic E-state index is 11.6.